The first-order valence-corrected chi connectivity index (χ1v) is 3.49. The van der Waals surface area contributed by atoms with Gasteiger partial charge in [-0.15, -0.1) is 0 Å². The lowest BCUT2D eigenvalue weighted by Crippen LogP contribution is -1.88. The minimum absolute atomic E-state index is 0.249. The molecule has 1 heterocycles. The van der Waals surface area contributed by atoms with Crippen LogP contribution >= 0.6 is 23.2 Å². The predicted octanol–water partition coefficient (Wildman–Crippen LogP) is 2.44. The van der Waals surface area contributed by atoms with Crippen LogP contribution in [0.5, 0.6) is 0 Å². The summed E-state index contributed by atoms with van der Waals surface area (Å²) in [7, 11) is 0. The van der Waals surface area contributed by atoms with Crippen LogP contribution in [-0.4, -0.2) is 4.98 Å². The maximum atomic E-state index is 8.53. The summed E-state index contributed by atoms with van der Waals surface area (Å²) in [4.78, 5) is 3.75. The standard InChI is InChI=1S/C7H3Cl2N2/c1-4-5(3-10)6(8)2-7(9)11-4/h2H,1H2. The number of hydrogen-bond acceptors (Lipinski definition) is 2. The van der Waals surface area contributed by atoms with E-state index < -0.39 is 0 Å². The van der Waals surface area contributed by atoms with Crippen molar-refractivity contribution in [1.82, 2.24) is 4.98 Å². The van der Waals surface area contributed by atoms with Crippen LogP contribution in [0.3, 0.4) is 0 Å². The molecule has 0 saturated heterocycles. The molecular weight excluding hydrogens is 183 g/mol. The lowest BCUT2D eigenvalue weighted by atomic mass is 10.2. The molecule has 1 aromatic heterocycles. The summed E-state index contributed by atoms with van der Waals surface area (Å²) in [5, 5.41) is 9.07. The SMILES string of the molecule is [CH2]c1nc(Cl)cc(Cl)c1C#N. The highest BCUT2D eigenvalue weighted by atomic mass is 35.5. The summed E-state index contributed by atoms with van der Waals surface area (Å²) < 4.78 is 0. The van der Waals surface area contributed by atoms with Crippen LogP contribution in [0.4, 0.5) is 0 Å². The molecule has 11 heavy (non-hydrogen) atoms. The van der Waals surface area contributed by atoms with Crippen molar-refractivity contribution in [2.45, 2.75) is 0 Å². The second-order valence-corrected chi connectivity index (χ2v) is 2.65. The number of pyridine rings is 1. The highest BCUT2D eigenvalue weighted by Crippen LogP contribution is 2.20. The first kappa shape index (κ1) is 8.32. The predicted molar refractivity (Wildman–Crippen MR) is 43.4 cm³/mol. The number of nitrogens with zero attached hydrogens (tertiary/aromatic N) is 2. The highest BCUT2D eigenvalue weighted by molar-refractivity contribution is 6.34. The van der Waals surface area contributed by atoms with Gasteiger partial charge >= 0.3 is 0 Å². The molecule has 0 atom stereocenters. The molecule has 4 heteroatoms. The first-order valence-electron chi connectivity index (χ1n) is 2.73. The number of nitriles is 1. The summed E-state index contributed by atoms with van der Waals surface area (Å²) in [5.41, 5.74) is 0.584. The molecule has 0 aliphatic carbocycles. The van der Waals surface area contributed by atoms with Gasteiger partial charge in [-0.3, -0.25) is 0 Å². The minimum Gasteiger partial charge on any atom is -0.240 e. The number of aromatic nitrogens is 1. The number of halogens is 2. The van der Waals surface area contributed by atoms with E-state index in [1.807, 2.05) is 6.07 Å². The number of rotatable bonds is 0. The van der Waals surface area contributed by atoms with Crippen LogP contribution in [-0.2, 0) is 0 Å². The quantitative estimate of drug-likeness (QED) is 0.583. The van der Waals surface area contributed by atoms with Gasteiger partial charge in [0.05, 0.1) is 16.3 Å². The second kappa shape index (κ2) is 3.08. The average molecular weight is 186 g/mol. The molecule has 1 radical (unpaired) electrons. The van der Waals surface area contributed by atoms with Gasteiger partial charge in [0, 0.05) is 0 Å². The molecule has 0 N–H and O–H groups in total. The zero-order valence-corrected chi connectivity index (χ0v) is 6.95. The van der Waals surface area contributed by atoms with E-state index in [4.69, 9.17) is 28.5 Å². The Hall–Kier alpha value is -0.780. The largest absolute Gasteiger partial charge is 0.240 e. The molecule has 1 rings (SSSR count). The lowest BCUT2D eigenvalue weighted by molar-refractivity contribution is 1.24. The Morgan fingerprint density at radius 1 is 1.55 bits per heavy atom. The summed E-state index contributed by atoms with van der Waals surface area (Å²) in [6.07, 6.45) is 0. The van der Waals surface area contributed by atoms with Gasteiger partial charge < -0.3 is 0 Å². The smallest absolute Gasteiger partial charge is 0.130 e. The normalized spacial score (nSPS) is 9.27. The zero-order valence-electron chi connectivity index (χ0n) is 5.43. The Morgan fingerprint density at radius 2 is 2.18 bits per heavy atom. The number of hydrogen-bond donors (Lipinski definition) is 0. The molecule has 0 aliphatic heterocycles. The molecule has 0 aromatic carbocycles. The van der Waals surface area contributed by atoms with Crippen LogP contribution in [0.2, 0.25) is 10.2 Å². The van der Waals surface area contributed by atoms with Gasteiger partial charge in [0.1, 0.15) is 11.2 Å². The van der Waals surface area contributed by atoms with Crippen LogP contribution < -0.4 is 0 Å². The van der Waals surface area contributed by atoms with E-state index in [9.17, 15) is 0 Å². The Balaban J connectivity index is 3.40. The molecule has 0 fully saturated rings. The van der Waals surface area contributed by atoms with Crippen LogP contribution in [0, 0.1) is 18.3 Å². The van der Waals surface area contributed by atoms with Crippen molar-refractivity contribution in [1.29, 1.82) is 5.26 Å². The van der Waals surface area contributed by atoms with Crippen molar-refractivity contribution in [2.75, 3.05) is 0 Å². The highest BCUT2D eigenvalue weighted by Gasteiger charge is 2.05. The van der Waals surface area contributed by atoms with Crippen molar-refractivity contribution >= 4 is 23.2 Å². The third-order valence-electron chi connectivity index (χ3n) is 1.13. The fraction of sp³-hybridized carbons (Fsp3) is 0. The van der Waals surface area contributed by atoms with E-state index in [2.05, 4.69) is 11.9 Å². The van der Waals surface area contributed by atoms with Crippen molar-refractivity contribution < 1.29 is 0 Å². The fourth-order valence-electron chi connectivity index (χ4n) is 0.650. The van der Waals surface area contributed by atoms with Gasteiger partial charge in [0.15, 0.2) is 0 Å². The van der Waals surface area contributed by atoms with Crippen molar-refractivity contribution in [3.63, 3.8) is 0 Å². The van der Waals surface area contributed by atoms with E-state index in [0.717, 1.165) is 0 Å². The van der Waals surface area contributed by atoms with E-state index in [1.165, 1.54) is 6.07 Å². The van der Waals surface area contributed by atoms with Gasteiger partial charge in [-0.05, 0) is 13.0 Å². The molecule has 0 unspecified atom stereocenters. The Kier molecular flexibility index (Phi) is 2.33. The van der Waals surface area contributed by atoms with E-state index >= 15 is 0 Å². The molecule has 0 amide bonds. The maximum absolute atomic E-state index is 8.53. The first-order chi connectivity index (χ1) is 5.15. The molecule has 55 valence electrons. The molecule has 0 saturated carbocycles. The average Bonchev–Trinajstić information content (AvgIpc) is 1.85. The minimum atomic E-state index is 0.249. The Morgan fingerprint density at radius 3 is 2.64 bits per heavy atom. The van der Waals surface area contributed by atoms with E-state index in [0.29, 0.717) is 5.69 Å². The van der Waals surface area contributed by atoms with Crippen molar-refractivity contribution in [3.8, 4) is 6.07 Å². The summed E-state index contributed by atoms with van der Waals surface area (Å²) in [6, 6.07) is 3.29. The van der Waals surface area contributed by atoms with Gasteiger partial charge in [-0.1, -0.05) is 23.2 Å². The summed E-state index contributed by atoms with van der Waals surface area (Å²) >= 11 is 11.2. The molecule has 2 nitrogen and oxygen atoms in total. The molecule has 0 spiro atoms. The van der Waals surface area contributed by atoms with Gasteiger partial charge in [-0.25, -0.2) is 4.98 Å². The third kappa shape index (κ3) is 1.62. The topological polar surface area (TPSA) is 36.7 Å². The van der Waals surface area contributed by atoms with Gasteiger partial charge in [0.25, 0.3) is 0 Å². The fourth-order valence-corrected chi connectivity index (χ4v) is 1.17. The van der Waals surface area contributed by atoms with Gasteiger partial charge in [-0.2, -0.15) is 5.26 Å². The Bertz CT molecular complexity index is 305. The van der Waals surface area contributed by atoms with E-state index in [1.54, 1.807) is 0 Å². The monoisotopic (exact) mass is 185 g/mol. The maximum Gasteiger partial charge on any atom is 0.130 e. The van der Waals surface area contributed by atoms with Gasteiger partial charge in [0.2, 0.25) is 0 Å². The zero-order chi connectivity index (χ0) is 8.43. The summed E-state index contributed by atoms with van der Waals surface area (Å²) in [5.74, 6) is 0. The lowest BCUT2D eigenvalue weighted by Gasteiger charge is -1.98. The van der Waals surface area contributed by atoms with E-state index in [-0.39, 0.29) is 15.7 Å². The second-order valence-electron chi connectivity index (χ2n) is 1.86. The van der Waals surface area contributed by atoms with Crippen molar-refractivity contribution in [2.24, 2.45) is 0 Å². The third-order valence-corrected chi connectivity index (χ3v) is 1.62. The van der Waals surface area contributed by atoms with Crippen LogP contribution in [0.15, 0.2) is 6.07 Å². The summed E-state index contributed by atoms with van der Waals surface area (Å²) in [6.45, 7) is 3.51. The molecule has 1 aromatic rings. The molecular formula is C7H3Cl2N2. The van der Waals surface area contributed by atoms with Crippen LogP contribution in [0.1, 0.15) is 11.3 Å². The Labute approximate surface area is 74.4 Å². The van der Waals surface area contributed by atoms with Crippen molar-refractivity contribution in [3.05, 3.63) is 34.4 Å². The van der Waals surface area contributed by atoms with Crippen LogP contribution in [0.25, 0.3) is 0 Å². The molecule has 0 aliphatic rings. The molecule has 0 bridgehead atoms.